The second-order valence-corrected chi connectivity index (χ2v) is 13.6. The van der Waals surface area contributed by atoms with E-state index in [0.717, 1.165) is 51.4 Å². The van der Waals surface area contributed by atoms with E-state index >= 15 is 0 Å². The molecule has 0 spiro atoms. The monoisotopic (exact) mass is 594 g/mol. The molecule has 44 heavy (non-hydrogen) atoms. The summed E-state index contributed by atoms with van der Waals surface area (Å²) < 4.78 is 26.1. The Hall–Kier alpha value is -4.03. The average Bonchev–Trinajstić information content (AvgIpc) is 2.99. The molecule has 5 rings (SSSR count). The van der Waals surface area contributed by atoms with Crippen molar-refractivity contribution in [1.82, 2.24) is 4.98 Å². The van der Waals surface area contributed by atoms with E-state index in [0.29, 0.717) is 12.1 Å². The number of benzene rings is 3. The summed E-state index contributed by atoms with van der Waals surface area (Å²) in [5, 5.41) is 0. The molecule has 1 unspecified atom stereocenters. The minimum atomic E-state index is -1.02. The zero-order valence-corrected chi connectivity index (χ0v) is 27.1. The van der Waals surface area contributed by atoms with Crippen molar-refractivity contribution in [2.45, 2.75) is 78.0 Å². The SMILES string of the molecule is COC(=O)C(OC(C)(C)C)c1c(C(C)C)nc2c(c1-c1ccc(F)cc1)CN(c1cccc(-c3ccccc3)c1)CC2(C)C. The zero-order valence-electron chi connectivity index (χ0n) is 27.1. The molecule has 0 N–H and O–H groups in total. The van der Waals surface area contributed by atoms with Gasteiger partial charge in [0.25, 0.3) is 0 Å². The number of nitrogens with zero attached hydrogens (tertiary/aromatic N) is 2. The Kier molecular flexibility index (Phi) is 8.68. The van der Waals surface area contributed by atoms with Crippen LogP contribution in [0.15, 0.2) is 78.9 Å². The summed E-state index contributed by atoms with van der Waals surface area (Å²) in [4.78, 5) is 21.2. The van der Waals surface area contributed by atoms with Crippen LogP contribution in [0.4, 0.5) is 10.1 Å². The van der Waals surface area contributed by atoms with Gasteiger partial charge in [-0.25, -0.2) is 9.18 Å². The molecule has 6 heteroatoms. The summed E-state index contributed by atoms with van der Waals surface area (Å²) in [5.74, 6) is -0.825. The van der Waals surface area contributed by atoms with Crippen LogP contribution in [0.25, 0.3) is 22.3 Å². The molecule has 0 saturated carbocycles. The number of ether oxygens (including phenoxy) is 2. The van der Waals surface area contributed by atoms with Gasteiger partial charge >= 0.3 is 5.97 Å². The van der Waals surface area contributed by atoms with Gasteiger partial charge in [0, 0.05) is 35.3 Å². The van der Waals surface area contributed by atoms with Crippen LogP contribution >= 0.6 is 0 Å². The summed E-state index contributed by atoms with van der Waals surface area (Å²) in [7, 11) is 1.38. The van der Waals surface area contributed by atoms with Gasteiger partial charge in [-0.05, 0) is 73.2 Å². The van der Waals surface area contributed by atoms with Gasteiger partial charge < -0.3 is 14.4 Å². The molecule has 0 aliphatic carbocycles. The van der Waals surface area contributed by atoms with Crippen molar-refractivity contribution in [2.75, 3.05) is 18.6 Å². The van der Waals surface area contributed by atoms with Crippen molar-refractivity contribution < 1.29 is 18.7 Å². The summed E-state index contributed by atoms with van der Waals surface area (Å²) >= 11 is 0. The molecular formula is C38H43FN2O3. The third kappa shape index (κ3) is 6.41. The van der Waals surface area contributed by atoms with E-state index in [1.807, 2.05) is 39.0 Å². The third-order valence-electron chi connectivity index (χ3n) is 8.09. The highest BCUT2D eigenvalue weighted by atomic mass is 19.1. The Bertz CT molecular complexity index is 1640. The lowest BCUT2D eigenvalue weighted by Gasteiger charge is -2.43. The van der Waals surface area contributed by atoms with E-state index in [1.165, 1.54) is 19.2 Å². The van der Waals surface area contributed by atoms with Crippen LogP contribution in [0.3, 0.4) is 0 Å². The summed E-state index contributed by atoms with van der Waals surface area (Å²) in [6.07, 6.45) is -1.02. The van der Waals surface area contributed by atoms with Crippen LogP contribution in [0.2, 0.25) is 0 Å². The van der Waals surface area contributed by atoms with Gasteiger partial charge in [0.1, 0.15) is 5.82 Å². The van der Waals surface area contributed by atoms with Crippen LogP contribution in [0, 0.1) is 5.82 Å². The maximum atomic E-state index is 14.3. The molecule has 1 aliphatic heterocycles. The Morgan fingerprint density at radius 2 is 1.59 bits per heavy atom. The molecule has 1 aromatic heterocycles. The van der Waals surface area contributed by atoms with Gasteiger partial charge in [0.05, 0.1) is 24.1 Å². The van der Waals surface area contributed by atoms with Crippen molar-refractivity contribution in [3.05, 3.63) is 107 Å². The second kappa shape index (κ2) is 12.2. The van der Waals surface area contributed by atoms with Crippen molar-refractivity contribution in [3.63, 3.8) is 0 Å². The van der Waals surface area contributed by atoms with Crippen LogP contribution in [0.1, 0.15) is 83.0 Å². The second-order valence-electron chi connectivity index (χ2n) is 13.6. The van der Waals surface area contributed by atoms with Crippen LogP contribution in [0.5, 0.6) is 0 Å². The van der Waals surface area contributed by atoms with Gasteiger partial charge in [0.15, 0.2) is 6.10 Å². The fraction of sp³-hybridized carbons (Fsp3) is 0.368. The van der Waals surface area contributed by atoms with E-state index in [4.69, 9.17) is 14.5 Å². The average molecular weight is 595 g/mol. The highest BCUT2D eigenvalue weighted by Crippen LogP contribution is 2.46. The molecule has 0 bridgehead atoms. The van der Waals surface area contributed by atoms with Crippen molar-refractivity contribution in [2.24, 2.45) is 0 Å². The first-order chi connectivity index (χ1) is 20.8. The van der Waals surface area contributed by atoms with Gasteiger partial charge in [-0.1, -0.05) is 82.3 Å². The fourth-order valence-electron chi connectivity index (χ4n) is 6.20. The first-order valence-electron chi connectivity index (χ1n) is 15.3. The van der Waals surface area contributed by atoms with E-state index in [-0.39, 0.29) is 17.2 Å². The van der Waals surface area contributed by atoms with Gasteiger partial charge in [0.2, 0.25) is 0 Å². The third-order valence-corrected chi connectivity index (χ3v) is 8.09. The molecule has 2 heterocycles. The number of carbonyl (C=O) groups excluding carboxylic acids is 1. The molecule has 0 amide bonds. The predicted molar refractivity (Wildman–Crippen MR) is 175 cm³/mol. The van der Waals surface area contributed by atoms with E-state index in [2.05, 4.69) is 69.0 Å². The van der Waals surface area contributed by atoms with E-state index in [1.54, 1.807) is 12.1 Å². The molecule has 3 aromatic carbocycles. The number of aromatic nitrogens is 1. The molecule has 5 nitrogen and oxygen atoms in total. The number of halogens is 1. The predicted octanol–water partition coefficient (Wildman–Crippen LogP) is 9.01. The topological polar surface area (TPSA) is 51.7 Å². The Balaban J connectivity index is 1.78. The molecule has 1 aliphatic rings. The first-order valence-corrected chi connectivity index (χ1v) is 15.3. The normalized spacial score (nSPS) is 15.2. The smallest absolute Gasteiger partial charge is 0.339 e. The minimum Gasteiger partial charge on any atom is -0.467 e. The fourth-order valence-corrected chi connectivity index (χ4v) is 6.20. The molecule has 230 valence electrons. The maximum absolute atomic E-state index is 14.3. The first kappa shape index (κ1) is 31.4. The van der Waals surface area contributed by atoms with E-state index < -0.39 is 17.7 Å². The molecule has 4 aromatic rings. The Labute approximate surface area is 261 Å². The number of pyridine rings is 1. The molecule has 0 saturated heterocycles. The number of hydrogen-bond acceptors (Lipinski definition) is 5. The summed E-state index contributed by atoms with van der Waals surface area (Å²) in [6, 6.07) is 25.5. The molecule has 0 radical (unpaired) electrons. The van der Waals surface area contributed by atoms with Crippen LogP contribution < -0.4 is 4.90 Å². The zero-order chi connectivity index (χ0) is 31.8. The lowest BCUT2D eigenvalue weighted by molar-refractivity contribution is -0.164. The standard InChI is InChI=1S/C38H43FN2O3/c1-24(2)33-32(34(36(42)43-8)44-37(3,4)5)31(26-17-19-28(39)20-18-26)30-22-41(23-38(6,7)35(30)40-33)29-16-12-15-27(21-29)25-13-10-9-11-14-25/h9-21,24,34H,22-23H2,1-8H3. The van der Waals surface area contributed by atoms with Gasteiger partial charge in [-0.2, -0.15) is 0 Å². The highest BCUT2D eigenvalue weighted by molar-refractivity contribution is 5.84. The minimum absolute atomic E-state index is 0.0124. The van der Waals surface area contributed by atoms with E-state index in [9.17, 15) is 9.18 Å². The maximum Gasteiger partial charge on any atom is 0.339 e. The number of hydrogen-bond donors (Lipinski definition) is 0. The van der Waals surface area contributed by atoms with Crippen molar-refractivity contribution in [1.29, 1.82) is 0 Å². The Morgan fingerprint density at radius 3 is 2.20 bits per heavy atom. The largest absolute Gasteiger partial charge is 0.467 e. The molecule has 1 atom stereocenters. The number of methoxy groups -OCH3 is 1. The summed E-state index contributed by atoms with van der Waals surface area (Å²) in [6.45, 7) is 15.7. The number of rotatable bonds is 7. The molecule has 0 fully saturated rings. The van der Waals surface area contributed by atoms with Crippen molar-refractivity contribution in [3.8, 4) is 22.3 Å². The van der Waals surface area contributed by atoms with Gasteiger partial charge in [-0.15, -0.1) is 0 Å². The quantitative estimate of drug-likeness (QED) is 0.200. The Morgan fingerprint density at radius 1 is 0.932 bits per heavy atom. The van der Waals surface area contributed by atoms with Gasteiger partial charge in [-0.3, -0.25) is 4.98 Å². The molecular weight excluding hydrogens is 551 g/mol. The van der Waals surface area contributed by atoms with Crippen molar-refractivity contribution >= 4 is 11.7 Å². The lowest BCUT2D eigenvalue weighted by atomic mass is 9.76. The van der Waals surface area contributed by atoms with Crippen LogP contribution in [-0.4, -0.2) is 30.2 Å². The van der Waals surface area contributed by atoms with Crippen LogP contribution in [-0.2, 0) is 26.2 Å². The number of carbonyl (C=O) groups is 1. The number of fused-ring (bicyclic) bond motifs is 1. The number of anilines is 1. The summed E-state index contributed by atoms with van der Waals surface area (Å²) in [5.41, 5.74) is 7.54. The number of esters is 1. The lowest BCUT2D eigenvalue weighted by Crippen LogP contribution is -2.44. The highest BCUT2D eigenvalue weighted by Gasteiger charge is 2.41.